The summed E-state index contributed by atoms with van der Waals surface area (Å²) >= 11 is 0. The van der Waals surface area contributed by atoms with Gasteiger partial charge in [-0.2, -0.15) is 0 Å². The van der Waals surface area contributed by atoms with E-state index in [0.29, 0.717) is 18.1 Å². The Balaban J connectivity index is 1.46. The van der Waals surface area contributed by atoms with Crippen LogP contribution < -0.4 is 4.90 Å². The van der Waals surface area contributed by atoms with E-state index < -0.39 is 5.97 Å². The Bertz CT molecular complexity index is 933. The molecular weight excluding hydrogens is 356 g/mol. The fraction of sp³-hybridized carbons (Fsp3) is 0.227. The average molecular weight is 378 g/mol. The van der Waals surface area contributed by atoms with Gasteiger partial charge in [0.05, 0.1) is 12.6 Å². The van der Waals surface area contributed by atoms with Crippen molar-refractivity contribution in [3.05, 3.63) is 72.2 Å². The first kappa shape index (κ1) is 19.4. The Morgan fingerprint density at radius 1 is 1.07 bits per heavy atom. The van der Waals surface area contributed by atoms with Crippen LogP contribution in [-0.4, -0.2) is 30.5 Å². The van der Waals surface area contributed by atoms with Crippen molar-refractivity contribution in [3.63, 3.8) is 0 Å². The normalized spacial score (nSPS) is 10.5. The number of anilines is 1. The molecule has 3 aromatic rings. The first-order valence-corrected chi connectivity index (χ1v) is 9.02. The second kappa shape index (κ2) is 8.99. The Kier molecular flexibility index (Phi) is 6.22. The van der Waals surface area contributed by atoms with Gasteiger partial charge in [0.25, 0.3) is 5.91 Å². The SMILES string of the molecule is Cc1ccc(-c2cnc(CCC(=O)OCC(=O)N(C)c3ccccc3)o2)cc1. The van der Waals surface area contributed by atoms with Crippen LogP contribution in [0.1, 0.15) is 17.9 Å². The molecule has 0 bridgehead atoms. The van der Waals surface area contributed by atoms with Gasteiger partial charge in [-0.25, -0.2) is 4.98 Å². The third-order valence-corrected chi connectivity index (χ3v) is 4.31. The summed E-state index contributed by atoms with van der Waals surface area (Å²) in [5.41, 5.74) is 2.84. The molecule has 0 aliphatic heterocycles. The molecule has 0 unspecified atom stereocenters. The maximum atomic E-state index is 12.1. The van der Waals surface area contributed by atoms with E-state index in [-0.39, 0.29) is 18.9 Å². The van der Waals surface area contributed by atoms with Crippen molar-refractivity contribution >= 4 is 17.6 Å². The molecule has 6 heteroatoms. The minimum atomic E-state index is -0.468. The lowest BCUT2D eigenvalue weighted by atomic mass is 10.1. The largest absolute Gasteiger partial charge is 0.456 e. The number of amides is 1. The number of benzene rings is 2. The molecule has 2 aromatic carbocycles. The molecule has 0 N–H and O–H groups in total. The van der Waals surface area contributed by atoms with Crippen molar-refractivity contribution < 1.29 is 18.7 Å². The summed E-state index contributed by atoms with van der Waals surface area (Å²) < 4.78 is 10.8. The first-order chi connectivity index (χ1) is 13.5. The van der Waals surface area contributed by atoms with E-state index in [0.717, 1.165) is 11.3 Å². The summed E-state index contributed by atoms with van der Waals surface area (Å²) in [5, 5.41) is 0. The van der Waals surface area contributed by atoms with Gasteiger partial charge in [0.1, 0.15) is 0 Å². The molecule has 0 fully saturated rings. The predicted octanol–water partition coefficient (Wildman–Crippen LogP) is 3.79. The molecule has 0 aliphatic carbocycles. The lowest BCUT2D eigenvalue weighted by molar-refractivity contribution is -0.147. The maximum absolute atomic E-state index is 12.1. The Morgan fingerprint density at radius 3 is 2.50 bits per heavy atom. The van der Waals surface area contributed by atoms with Crippen molar-refractivity contribution in [2.45, 2.75) is 19.8 Å². The molecule has 0 saturated heterocycles. The highest BCUT2D eigenvalue weighted by Gasteiger charge is 2.14. The number of likely N-dealkylation sites (N-methyl/N-ethyl adjacent to an activating group) is 1. The number of carbonyl (C=O) groups excluding carboxylic acids is 2. The molecule has 3 rings (SSSR count). The second-order valence-corrected chi connectivity index (χ2v) is 6.43. The summed E-state index contributed by atoms with van der Waals surface area (Å²) in [7, 11) is 1.64. The molecule has 0 spiro atoms. The molecule has 1 heterocycles. The number of ether oxygens (including phenoxy) is 1. The van der Waals surface area contributed by atoms with Gasteiger partial charge in [-0.1, -0.05) is 48.0 Å². The number of oxazole rings is 1. The minimum Gasteiger partial charge on any atom is -0.456 e. The highest BCUT2D eigenvalue weighted by Crippen LogP contribution is 2.21. The lowest BCUT2D eigenvalue weighted by Crippen LogP contribution is -2.31. The number of para-hydroxylation sites is 1. The standard InChI is InChI=1S/C22H22N2O4/c1-16-8-10-17(11-9-16)19-14-23-20(28-19)12-13-22(26)27-15-21(25)24(2)18-6-4-3-5-7-18/h3-11,14H,12-13,15H2,1-2H3. The molecule has 1 aromatic heterocycles. The molecule has 6 nitrogen and oxygen atoms in total. The lowest BCUT2D eigenvalue weighted by Gasteiger charge is -2.16. The van der Waals surface area contributed by atoms with E-state index in [1.165, 1.54) is 10.5 Å². The van der Waals surface area contributed by atoms with Crippen LogP contribution in [0.3, 0.4) is 0 Å². The molecule has 1 amide bonds. The molecule has 28 heavy (non-hydrogen) atoms. The quantitative estimate of drug-likeness (QED) is 0.585. The van der Waals surface area contributed by atoms with Crippen LogP contribution >= 0.6 is 0 Å². The van der Waals surface area contributed by atoms with Gasteiger partial charge in [-0.3, -0.25) is 9.59 Å². The fourth-order valence-corrected chi connectivity index (χ4v) is 2.59. The monoisotopic (exact) mass is 378 g/mol. The Morgan fingerprint density at radius 2 is 1.79 bits per heavy atom. The van der Waals surface area contributed by atoms with E-state index in [1.807, 2.05) is 61.5 Å². The number of aromatic nitrogens is 1. The van der Waals surface area contributed by atoms with E-state index in [1.54, 1.807) is 13.2 Å². The third kappa shape index (κ3) is 5.07. The number of esters is 1. The summed E-state index contributed by atoms with van der Waals surface area (Å²) in [6, 6.07) is 17.1. The molecule has 0 atom stereocenters. The van der Waals surface area contributed by atoms with E-state index >= 15 is 0 Å². The predicted molar refractivity (Wildman–Crippen MR) is 106 cm³/mol. The Hall–Kier alpha value is -3.41. The van der Waals surface area contributed by atoms with E-state index in [9.17, 15) is 9.59 Å². The molecule has 0 radical (unpaired) electrons. The van der Waals surface area contributed by atoms with Crippen LogP contribution in [0.25, 0.3) is 11.3 Å². The van der Waals surface area contributed by atoms with Gasteiger partial charge in [-0.15, -0.1) is 0 Å². The molecule has 0 aliphatic rings. The van der Waals surface area contributed by atoms with Crippen molar-refractivity contribution in [2.75, 3.05) is 18.6 Å². The van der Waals surface area contributed by atoms with Gasteiger partial charge in [0.15, 0.2) is 18.3 Å². The highest BCUT2D eigenvalue weighted by molar-refractivity contribution is 5.94. The van der Waals surface area contributed by atoms with Crippen LogP contribution in [0.2, 0.25) is 0 Å². The van der Waals surface area contributed by atoms with Gasteiger partial charge in [0.2, 0.25) is 0 Å². The summed E-state index contributed by atoms with van der Waals surface area (Å²) in [6.45, 7) is 1.72. The fourth-order valence-electron chi connectivity index (χ4n) is 2.59. The average Bonchev–Trinajstić information content (AvgIpc) is 3.20. The van der Waals surface area contributed by atoms with Crippen LogP contribution in [0.4, 0.5) is 5.69 Å². The van der Waals surface area contributed by atoms with E-state index in [4.69, 9.17) is 9.15 Å². The molecule has 0 saturated carbocycles. The van der Waals surface area contributed by atoms with Crippen LogP contribution in [0.15, 0.2) is 65.2 Å². The zero-order valence-corrected chi connectivity index (χ0v) is 15.9. The van der Waals surface area contributed by atoms with Gasteiger partial charge < -0.3 is 14.1 Å². The van der Waals surface area contributed by atoms with E-state index in [2.05, 4.69) is 4.98 Å². The summed E-state index contributed by atoms with van der Waals surface area (Å²) in [5.74, 6) is 0.352. The third-order valence-electron chi connectivity index (χ3n) is 4.31. The first-order valence-electron chi connectivity index (χ1n) is 9.02. The highest BCUT2D eigenvalue weighted by atomic mass is 16.5. The minimum absolute atomic E-state index is 0.0934. The summed E-state index contributed by atoms with van der Waals surface area (Å²) in [4.78, 5) is 29.7. The van der Waals surface area contributed by atoms with Crippen molar-refractivity contribution in [2.24, 2.45) is 0 Å². The second-order valence-electron chi connectivity index (χ2n) is 6.43. The number of hydrogen-bond acceptors (Lipinski definition) is 5. The number of rotatable bonds is 7. The van der Waals surface area contributed by atoms with Crippen molar-refractivity contribution in [1.29, 1.82) is 0 Å². The zero-order chi connectivity index (χ0) is 19.9. The van der Waals surface area contributed by atoms with Gasteiger partial charge in [-0.05, 0) is 19.1 Å². The number of aryl methyl sites for hydroxylation is 2. The van der Waals surface area contributed by atoms with Crippen LogP contribution in [0, 0.1) is 6.92 Å². The van der Waals surface area contributed by atoms with Crippen LogP contribution in [-0.2, 0) is 20.7 Å². The zero-order valence-electron chi connectivity index (χ0n) is 15.9. The van der Waals surface area contributed by atoms with Crippen molar-refractivity contribution in [1.82, 2.24) is 4.98 Å². The Labute approximate surface area is 163 Å². The number of carbonyl (C=O) groups is 2. The van der Waals surface area contributed by atoms with Gasteiger partial charge in [0, 0.05) is 24.7 Å². The number of nitrogens with zero attached hydrogens (tertiary/aromatic N) is 2. The molecular formula is C22H22N2O4. The smallest absolute Gasteiger partial charge is 0.306 e. The topological polar surface area (TPSA) is 72.6 Å². The number of hydrogen-bond donors (Lipinski definition) is 0. The van der Waals surface area contributed by atoms with Crippen molar-refractivity contribution in [3.8, 4) is 11.3 Å². The van der Waals surface area contributed by atoms with Crippen LogP contribution in [0.5, 0.6) is 0 Å². The maximum Gasteiger partial charge on any atom is 0.306 e. The van der Waals surface area contributed by atoms with Gasteiger partial charge >= 0.3 is 5.97 Å². The summed E-state index contributed by atoms with van der Waals surface area (Å²) in [6.07, 6.45) is 2.05. The molecule has 144 valence electrons.